The number of aromatic nitrogens is 1. The molecule has 5 nitrogen and oxygen atoms in total. The Bertz CT molecular complexity index is 924. The fourth-order valence-electron chi connectivity index (χ4n) is 2.60. The Balaban J connectivity index is 1.47. The number of aryl methyl sites for hydroxylation is 1. The lowest BCUT2D eigenvalue weighted by Crippen LogP contribution is -2.12. The molecule has 0 saturated heterocycles. The molecule has 0 aliphatic heterocycles. The van der Waals surface area contributed by atoms with Crippen LogP contribution < -0.4 is 14.8 Å². The van der Waals surface area contributed by atoms with Crippen molar-refractivity contribution in [2.45, 2.75) is 19.8 Å². The monoisotopic (exact) mass is 460 g/mol. The van der Waals surface area contributed by atoms with Crippen LogP contribution in [0, 0.1) is 6.92 Å². The van der Waals surface area contributed by atoms with E-state index in [9.17, 15) is 4.79 Å². The van der Waals surface area contributed by atoms with E-state index in [1.807, 2.05) is 55.5 Å². The van der Waals surface area contributed by atoms with E-state index >= 15 is 0 Å². The normalized spacial score (nSPS) is 10.5. The second kappa shape index (κ2) is 9.71. The van der Waals surface area contributed by atoms with Crippen LogP contribution in [0.4, 0.5) is 5.13 Å². The molecule has 146 valence electrons. The third-order valence-corrected chi connectivity index (χ3v) is 5.45. The van der Waals surface area contributed by atoms with Crippen LogP contribution in [0.5, 0.6) is 11.5 Å². The Kier molecular flexibility index (Phi) is 7.06. The van der Waals surface area contributed by atoms with Gasteiger partial charge in [-0.1, -0.05) is 28.1 Å². The van der Waals surface area contributed by atoms with Crippen molar-refractivity contribution >= 4 is 38.3 Å². The minimum Gasteiger partial charge on any atom is -0.497 e. The average Bonchev–Trinajstić information content (AvgIpc) is 3.06. The molecule has 1 heterocycles. The van der Waals surface area contributed by atoms with E-state index in [4.69, 9.17) is 9.47 Å². The van der Waals surface area contributed by atoms with E-state index in [-0.39, 0.29) is 5.91 Å². The van der Waals surface area contributed by atoms with Gasteiger partial charge in [0.15, 0.2) is 5.13 Å². The van der Waals surface area contributed by atoms with Crippen LogP contribution in [0.25, 0.3) is 11.3 Å². The lowest BCUT2D eigenvalue weighted by molar-refractivity contribution is -0.116. The molecular weight excluding hydrogens is 440 g/mol. The zero-order valence-electron chi connectivity index (χ0n) is 15.7. The molecule has 0 bridgehead atoms. The van der Waals surface area contributed by atoms with Crippen LogP contribution in [-0.4, -0.2) is 24.6 Å². The molecule has 0 fully saturated rings. The molecular formula is C21H21BrN2O3S. The van der Waals surface area contributed by atoms with Gasteiger partial charge in [0.2, 0.25) is 5.91 Å². The van der Waals surface area contributed by atoms with Crippen molar-refractivity contribution in [2.24, 2.45) is 0 Å². The number of amides is 1. The van der Waals surface area contributed by atoms with E-state index in [0.717, 1.165) is 32.1 Å². The van der Waals surface area contributed by atoms with Gasteiger partial charge in [0.1, 0.15) is 11.5 Å². The molecule has 0 atom stereocenters. The minimum atomic E-state index is -0.0607. The largest absolute Gasteiger partial charge is 0.497 e. The van der Waals surface area contributed by atoms with Gasteiger partial charge < -0.3 is 14.8 Å². The smallest absolute Gasteiger partial charge is 0.226 e. The number of hydrogen-bond acceptors (Lipinski definition) is 5. The second-order valence-corrected chi connectivity index (χ2v) is 8.23. The lowest BCUT2D eigenvalue weighted by Gasteiger charge is -2.07. The van der Waals surface area contributed by atoms with E-state index in [0.29, 0.717) is 24.6 Å². The Labute approximate surface area is 176 Å². The number of rotatable bonds is 8. The molecule has 0 aliphatic carbocycles. The highest BCUT2D eigenvalue weighted by Gasteiger charge is 2.12. The summed E-state index contributed by atoms with van der Waals surface area (Å²) in [5, 5.41) is 3.51. The predicted molar refractivity (Wildman–Crippen MR) is 116 cm³/mol. The first-order chi connectivity index (χ1) is 13.5. The molecule has 0 saturated carbocycles. The number of thiazole rings is 1. The molecule has 1 N–H and O–H groups in total. The Hall–Kier alpha value is -2.38. The van der Waals surface area contributed by atoms with Gasteiger partial charge in [-0.15, -0.1) is 11.3 Å². The van der Waals surface area contributed by atoms with Crippen molar-refractivity contribution in [1.82, 2.24) is 4.98 Å². The third kappa shape index (κ3) is 5.56. The number of hydrogen-bond donors (Lipinski definition) is 1. The first kappa shape index (κ1) is 20.4. The van der Waals surface area contributed by atoms with Gasteiger partial charge in [0.05, 0.1) is 19.4 Å². The number of anilines is 1. The summed E-state index contributed by atoms with van der Waals surface area (Å²) in [6.45, 7) is 2.48. The molecule has 0 spiro atoms. The summed E-state index contributed by atoms with van der Waals surface area (Å²) in [5.74, 6) is 1.48. The summed E-state index contributed by atoms with van der Waals surface area (Å²) in [7, 11) is 1.63. The van der Waals surface area contributed by atoms with E-state index in [1.54, 1.807) is 7.11 Å². The van der Waals surface area contributed by atoms with Crippen molar-refractivity contribution in [2.75, 3.05) is 19.0 Å². The highest BCUT2D eigenvalue weighted by Crippen LogP contribution is 2.31. The number of nitrogens with zero attached hydrogens (tertiary/aromatic N) is 1. The maximum absolute atomic E-state index is 12.2. The zero-order chi connectivity index (χ0) is 19.9. The first-order valence-electron chi connectivity index (χ1n) is 8.85. The zero-order valence-corrected chi connectivity index (χ0v) is 18.1. The molecule has 1 aromatic heterocycles. The van der Waals surface area contributed by atoms with Crippen molar-refractivity contribution in [3.05, 3.63) is 57.9 Å². The maximum Gasteiger partial charge on any atom is 0.226 e. The average molecular weight is 461 g/mol. The van der Waals surface area contributed by atoms with Crippen molar-refractivity contribution in [3.8, 4) is 22.8 Å². The van der Waals surface area contributed by atoms with Gasteiger partial charge in [-0.25, -0.2) is 4.98 Å². The van der Waals surface area contributed by atoms with Crippen LogP contribution in [0.1, 0.15) is 17.7 Å². The van der Waals surface area contributed by atoms with Crippen LogP contribution >= 0.6 is 27.3 Å². The Morgan fingerprint density at radius 3 is 2.46 bits per heavy atom. The van der Waals surface area contributed by atoms with E-state index < -0.39 is 0 Å². The van der Waals surface area contributed by atoms with Gasteiger partial charge in [-0.3, -0.25) is 4.79 Å². The SMILES string of the molecule is COc1ccc(OCCCC(=O)Nc2nc(-c3ccc(Br)cc3)c(C)s2)cc1. The molecule has 7 heteroatoms. The highest BCUT2D eigenvalue weighted by atomic mass is 79.9. The molecule has 0 radical (unpaired) electrons. The summed E-state index contributed by atoms with van der Waals surface area (Å²) in [6, 6.07) is 15.4. The molecule has 3 aromatic rings. The van der Waals surface area contributed by atoms with Gasteiger partial charge in [-0.05, 0) is 49.7 Å². The Morgan fingerprint density at radius 2 is 1.79 bits per heavy atom. The number of methoxy groups -OCH3 is 1. The summed E-state index contributed by atoms with van der Waals surface area (Å²) >= 11 is 4.92. The third-order valence-electron chi connectivity index (χ3n) is 4.04. The minimum absolute atomic E-state index is 0.0607. The molecule has 3 rings (SSSR count). The number of halogens is 1. The molecule has 28 heavy (non-hydrogen) atoms. The standard InChI is InChI=1S/C21H21BrN2O3S/c1-14-20(15-5-7-16(22)8-6-15)24-21(28-14)23-19(25)4-3-13-27-18-11-9-17(26-2)10-12-18/h5-12H,3-4,13H2,1-2H3,(H,23,24,25). The second-order valence-electron chi connectivity index (χ2n) is 6.11. The molecule has 2 aromatic carbocycles. The van der Waals surface area contributed by atoms with Crippen LogP contribution in [0.15, 0.2) is 53.0 Å². The fraction of sp³-hybridized carbons (Fsp3) is 0.238. The van der Waals surface area contributed by atoms with Crippen LogP contribution in [0.3, 0.4) is 0 Å². The van der Waals surface area contributed by atoms with Crippen LogP contribution in [0.2, 0.25) is 0 Å². The summed E-state index contributed by atoms with van der Waals surface area (Å²) in [4.78, 5) is 17.8. The Morgan fingerprint density at radius 1 is 1.11 bits per heavy atom. The van der Waals surface area contributed by atoms with E-state index in [1.165, 1.54) is 11.3 Å². The maximum atomic E-state index is 12.2. The number of carbonyl (C=O) groups is 1. The van der Waals surface area contributed by atoms with Crippen molar-refractivity contribution < 1.29 is 14.3 Å². The molecule has 0 unspecified atom stereocenters. The molecule has 1 amide bonds. The van der Waals surface area contributed by atoms with Gasteiger partial charge >= 0.3 is 0 Å². The van der Waals surface area contributed by atoms with Gasteiger partial charge in [0.25, 0.3) is 0 Å². The highest BCUT2D eigenvalue weighted by molar-refractivity contribution is 9.10. The number of nitrogens with one attached hydrogen (secondary N) is 1. The van der Waals surface area contributed by atoms with Crippen molar-refractivity contribution in [3.63, 3.8) is 0 Å². The van der Waals surface area contributed by atoms with Gasteiger partial charge in [0, 0.05) is 21.3 Å². The van der Waals surface area contributed by atoms with E-state index in [2.05, 4.69) is 26.2 Å². The number of benzene rings is 2. The lowest BCUT2D eigenvalue weighted by atomic mass is 10.1. The number of carbonyl (C=O) groups excluding carboxylic acids is 1. The quantitative estimate of drug-likeness (QED) is 0.438. The summed E-state index contributed by atoms with van der Waals surface area (Å²) < 4.78 is 11.8. The molecule has 0 aliphatic rings. The van der Waals surface area contributed by atoms with Gasteiger partial charge in [-0.2, -0.15) is 0 Å². The number of ether oxygens (including phenoxy) is 2. The summed E-state index contributed by atoms with van der Waals surface area (Å²) in [6.07, 6.45) is 1.00. The predicted octanol–water partition coefficient (Wildman–Crippen LogP) is 5.69. The summed E-state index contributed by atoms with van der Waals surface area (Å²) in [5.41, 5.74) is 1.93. The van der Waals surface area contributed by atoms with Crippen LogP contribution in [-0.2, 0) is 4.79 Å². The van der Waals surface area contributed by atoms with Crippen molar-refractivity contribution in [1.29, 1.82) is 0 Å². The topological polar surface area (TPSA) is 60.5 Å². The first-order valence-corrected chi connectivity index (χ1v) is 10.5. The fourth-order valence-corrected chi connectivity index (χ4v) is 3.72.